The predicted octanol–water partition coefficient (Wildman–Crippen LogP) is 4.97. The van der Waals surface area contributed by atoms with Crippen molar-refractivity contribution in [2.24, 2.45) is 0 Å². The third-order valence-electron chi connectivity index (χ3n) is 5.54. The molecule has 0 unspecified atom stereocenters. The maximum atomic E-state index is 12.9. The minimum absolute atomic E-state index is 0.184. The predicted molar refractivity (Wildman–Crippen MR) is 127 cm³/mol. The second-order valence-corrected chi connectivity index (χ2v) is 7.79. The molecule has 0 amide bonds. The number of nitrogens with one attached hydrogen (secondary N) is 1. The van der Waals surface area contributed by atoms with Gasteiger partial charge in [0.15, 0.2) is 0 Å². The summed E-state index contributed by atoms with van der Waals surface area (Å²) < 4.78 is 7.98. The summed E-state index contributed by atoms with van der Waals surface area (Å²) in [5.41, 5.74) is 4.26. The van der Waals surface area contributed by atoms with Crippen LogP contribution in [0.3, 0.4) is 0 Å². The summed E-state index contributed by atoms with van der Waals surface area (Å²) in [6.45, 7) is 3.47. The van der Waals surface area contributed by atoms with Crippen LogP contribution in [0.15, 0.2) is 77.9 Å². The lowest BCUT2D eigenvalue weighted by Crippen LogP contribution is -2.10. The second kappa shape index (κ2) is 8.67. The summed E-state index contributed by atoms with van der Waals surface area (Å²) in [5.74, 6) is 1.22. The Morgan fingerprint density at radius 2 is 1.81 bits per heavy atom. The summed E-state index contributed by atoms with van der Waals surface area (Å²) in [6, 6.07) is 21.8. The summed E-state index contributed by atoms with van der Waals surface area (Å²) in [6.07, 6.45) is 3.64. The van der Waals surface area contributed by atoms with Crippen LogP contribution in [0.4, 0.5) is 0 Å². The number of aromatic amines is 1. The van der Waals surface area contributed by atoms with E-state index in [1.165, 1.54) is 5.56 Å². The van der Waals surface area contributed by atoms with Crippen LogP contribution >= 0.6 is 0 Å². The average molecular weight is 425 g/mol. The minimum Gasteiger partial charge on any atom is -0.493 e. The first-order chi connectivity index (χ1) is 15.7. The van der Waals surface area contributed by atoms with Crippen molar-refractivity contribution in [3.63, 3.8) is 0 Å². The van der Waals surface area contributed by atoms with Gasteiger partial charge in [0.1, 0.15) is 11.6 Å². The molecule has 0 aliphatic rings. The molecule has 6 nitrogen and oxygen atoms in total. The van der Waals surface area contributed by atoms with Crippen molar-refractivity contribution in [2.45, 2.75) is 26.3 Å². The lowest BCUT2D eigenvalue weighted by Gasteiger charge is -2.11. The van der Waals surface area contributed by atoms with Crippen LogP contribution in [-0.2, 0) is 13.0 Å². The van der Waals surface area contributed by atoms with Crippen LogP contribution in [0, 0.1) is 0 Å². The molecule has 0 saturated heterocycles. The van der Waals surface area contributed by atoms with Gasteiger partial charge in [-0.15, -0.1) is 0 Å². The van der Waals surface area contributed by atoms with Gasteiger partial charge < -0.3 is 14.3 Å². The molecule has 2 heterocycles. The average Bonchev–Trinajstić information content (AvgIpc) is 3.23. The largest absolute Gasteiger partial charge is 0.493 e. The molecule has 0 aliphatic carbocycles. The van der Waals surface area contributed by atoms with Gasteiger partial charge in [0.25, 0.3) is 5.56 Å². The lowest BCUT2D eigenvalue weighted by atomic mass is 10.1. The molecule has 0 radical (unpaired) electrons. The van der Waals surface area contributed by atoms with Crippen molar-refractivity contribution in [2.75, 3.05) is 6.61 Å². The van der Waals surface area contributed by atoms with Gasteiger partial charge in [0.2, 0.25) is 0 Å². The van der Waals surface area contributed by atoms with Crippen molar-refractivity contribution in [1.82, 2.24) is 19.5 Å². The zero-order valence-corrected chi connectivity index (χ0v) is 17.9. The molecule has 0 aliphatic heterocycles. The minimum atomic E-state index is -0.184. The molecule has 32 heavy (non-hydrogen) atoms. The standard InChI is InChI=1S/C26H24N4O2/c1-2-14-32-24-11-7-6-10-19(24)25-28-21-16-23-22(15-20(21)26(31)29-25)27-17-30(23)13-12-18-8-4-3-5-9-18/h3-11,15-17H,2,12-14H2,1H3,(H,28,29,31). The maximum absolute atomic E-state index is 12.9. The van der Waals surface area contributed by atoms with Crippen molar-refractivity contribution >= 4 is 21.9 Å². The van der Waals surface area contributed by atoms with E-state index in [2.05, 4.69) is 45.7 Å². The number of nitrogens with zero attached hydrogens (tertiary/aromatic N) is 3. The van der Waals surface area contributed by atoms with Gasteiger partial charge >= 0.3 is 0 Å². The van der Waals surface area contributed by atoms with E-state index in [-0.39, 0.29) is 5.56 Å². The third-order valence-corrected chi connectivity index (χ3v) is 5.54. The van der Waals surface area contributed by atoms with Crippen LogP contribution < -0.4 is 10.3 Å². The summed E-state index contributed by atoms with van der Waals surface area (Å²) in [5, 5.41) is 0.529. The molecule has 1 N–H and O–H groups in total. The SMILES string of the molecule is CCCOc1ccccc1-c1nc2cc3c(cc2c(=O)[nH]1)ncn3CCc1ccccc1. The van der Waals surface area contributed by atoms with E-state index in [1.807, 2.05) is 48.8 Å². The van der Waals surface area contributed by atoms with Crippen LogP contribution in [0.1, 0.15) is 18.9 Å². The molecule has 2 aromatic heterocycles. The molecule has 5 aromatic rings. The van der Waals surface area contributed by atoms with Crippen LogP contribution in [0.25, 0.3) is 33.3 Å². The highest BCUT2D eigenvalue weighted by Crippen LogP contribution is 2.28. The number of benzene rings is 3. The zero-order valence-electron chi connectivity index (χ0n) is 17.9. The number of imidazole rings is 1. The molecule has 0 saturated carbocycles. The number of hydrogen-bond acceptors (Lipinski definition) is 4. The van der Waals surface area contributed by atoms with E-state index in [4.69, 9.17) is 9.72 Å². The lowest BCUT2D eigenvalue weighted by molar-refractivity contribution is 0.318. The summed E-state index contributed by atoms with van der Waals surface area (Å²) in [4.78, 5) is 25.1. The molecule has 0 fully saturated rings. The molecule has 0 atom stereocenters. The molecule has 3 aromatic carbocycles. The van der Waals surface area contributed by atoms with Gasteiger partial charge in [-0.2, -0.15) is 0 Å². The Balaban J connectivity index is 1.56. The first-order valence-electron chi connectivity index (χ1n) is 10.9. The van der Waals surface area contributed by atoms with E-state index in [9.17, 15) is 4.79 Å². The second-order valence-electron chi connectivity index (χ2n) is 7.79. The Kier molecular flexibility index (Phi) is 5.42. The summed E-state index contributed by atoms with van der Waals surface area (Å²) >= 11 is 0. The molecule has 6 heteroatoms. The van der Waals surface area contributed by atoms with E-state index in [1.54, 1.807) is 0 Å². The number of aryl methyl sites for hydroxylation is 2. The Morgan fingerprint density at radius 3 is 2.66 bits per heavy atom. The quantitative estimate of drug-likeness (QED) is 0.400. The van der Waals surface area contributed by atoms with Gasteiger partial charge in [-0.3, -0.25) is 4.79 Å². The van der Waals surface area contributed by atoms with E-state index in [0.29, 0.717) is 29.1 Å². The Morgan fingerprint density at radius 1 is 1.00 bits per heavy atom. The summed E-state index contributed by atoms with van der Waals surface area (Å²) in [7, 11) is 0. The number of H-pyrrole nitrogens is 1. The molecule has 160 valence electrons. The molecule has 5 rings (SSSR count). The highest BCUT2D eigenvalue weighted by atomic mass is 16.5. The molecule has 0 spiro atoms. The van der Waals surface area contributed by atoms with E-state index >= 15 is 0 Å². The van der Waals surface area contributed by atoms with Crippen molar-refractivity contribution in [3.8, 4) is 17.1 Å². The monoisotopic (exact) mass is 424 g/mol. The molecule has 0 bridgehead atoms. The number of fused-ring (bicyclic) bond motifs is 2. The van der Waals surface area contributed by atoms with Gasteiger partial charge in [-0.25, -0.2) is 9.97 Å². The number of rotatable bonds is 7. The maximum Gasteiger partial charge on any atom is 0.259 e. The van der Waals surface area contributed by atoms with Crippen LogP contribution in [-0.4, -0.2) is 26.1 Å². The normalized spacial score (nSPS) is 11.3. The van der Waals surface area contributed by atoms with Crippen LogP contribution in [0.2, 0.25) is 0 Å². The fraction of sp³-hybridized carbons (Fsp3) is 0.192. The topological polar surface area (TPSA) is 72.8 Å². The van der Waals surface area contributed by atoms with Crippen LogP contribution in [0.5, 0.6) is 5.75 Å². The van der Waals surface area contributed by atoms with Gasteiger partial charge in [-0.1, -0.05) is 49.4 Å². The van der Waals surface area contributed by atoms with Crippen molar-refractivity contribution < 1.29 is 4.74 Å². The number of aromatic nitrogens is 4. The van der Waals surface area contributed by atoms with E-state index in [0.717, 1.165) is 36.0 Å². The Labute approximate surface area is 185 Å². The van der Waals surface area contributed by atoms with Gasteiger partial charge in [-0.05, 0) is 42.7 Å². The third kappa shape index (κ3) is 3.87. The smallest absolute Gasteiger partial charge is 0.259 e. The van der Waals surface area contributed by atoms with Crippen molar-refractivity contribution in [3.05, 3.63) is 89.0 Å². The number of ether oxygens (including phenoxy) is 1. The van der Waals surface area contributed by atoms with Crippen molar-refractivity contribution in [1.29, 1.82) is 0 Å². The first-order valence-corrected chi connectivity index (χ1v) is 10.9. The first kappa shape index (κ1) is 20.0. The Bertz CT molecular complexity index is 1440. The van der Waals surface area contributed by atoms with Gasteiger partial charge in [0, 0.05) is 6.54 Å². The fourth-order valence-corrected chi connectivity index (χ4v) is 3.89. The number of para-hydroxylation sites is 1. The Hall–Kier alpha value is -3.93. The number of hydrogen-bond donors (Lipinski definition) is 1. The highest BCUT2D eigenvalue weighted by molar-refractivity contribution is 5.93. The molecular weight excluding hydrogens is 400 g/mol. The highest BCUT2D eigenvalue weighted by Gasteiger charge is 2.13. The van der Waals surface area contributed by atoms with Gasteiger partial charge in [0.05, 0.1) is 40.4 Å². The zero-order chi connectivity index (χ0) is 21.9. The molecular formula is C26H24N4O2. The van der Waals surface area contributed by atoms with E-state index < -0.39 is 0 Å². The fourth-order valence-electron chi connectivity index (χ4n) is 3.89.